The second-order valence-electron chi connectivity index (χ2n) is 8.62. The summed E-state index contributed by atoms with van der Waals surface area (Å²) < 4.78 is 48.8. The summed E-state index contributed by atoms with van der Waals surface area (Å²) in [5, 5.41) is 13.1. The van der Waals surface area contributed by atoms with Gasteiger partial charge in [0.05, 0.1) is 22.4 Å². The molecule has 10 heteroatoms. The van der Waals surface area contributed by atoms with Gasteiger partial charge in [0.1, 0.15) is 11.4 Å². The number of ether oxygens (including phenoxy) is 1. The molecule has 2 aromatic carbocycles. The summed E-state index contributed by atoms with van der Waals surface area (Å²) in [5.41, 5.74) is 1.20. The second-order valence-corrected chi connectivity index (χ2v) is 10.3. The van der Waals surface area contributed by atoms with Gasteiger partial charge in [-0.1, -0.05) is 32.1 Å². The molecule has 35 heavy (non-hydrogen) atoms. The molecule has 4 rings (SSSR count). The second kappa shape index (κ2) is 10.3. The maximum absolute atomic E-state index is 14.0. The van der Waals surface area contributed by atoms with Crippen molar-refractivity contribution < 1.29 is 27.4 Å². The predicted molar refractivity (Wildman–Crippen MR) is 133 cm³/mol. The number of halogens is 1. The van der Waals surface area contributed by atoms with Crippen LogP contribution in [0, 0.1) is 5.82 Å². The summed E-state index contributed by atoms with van der Waals surface area (Å²) in [7, 11) is -4.22. The van der Waals surface area contributed by atoms with Gasteiger partial charge in [-0.25, -0.2) is 17.6 Å². The van der Waals surface area contributed by atoms with Crippen LogP contribution in [0.3, 0.4) is 0 Å². The number of fused-ring (bicyclic) bond motifs is 3. The molecule has 1 fully saturated rings. The predicted octanol–water partition coefficient (Wildman–Crippen LogP) is 3.98. The fourth-order valence-electron chi connectivity index (χ4n) is 4.74. The van der Waals surface area contributed by atoms with Gasteiger partial charge in [-0.15, -0.1) is 0 Å². The zero-order valence-corrected chi connectivity index (χ0v) is 20.6. The van der Waals surface area contributed by atoms with Crippen molar-refractivity contribution in [3.05, 3.63) is 58.9 Å². The van der Waals surface area contributed by atoms with E-state index >= 15 is 0 Å². The van der Waals surface area contributed by atoms with Gasteiger partial charge < -0.3 is 20.1 Å². The standard InChI is InChI=1S/C25H30FN3O5S/c1-3-29(4-2)12-5-6-16-14-17(26)7-10-22(16)35(32,33)28-20-9-8-19-18-11-13-34-21(18)15-27-24(19)23(20)25(30)31/h5-10,14,18,21,27-28H,3-4,11-13,15H2,1-2H3,(H,30,31)/t18-,21+/m0/s1. The Morgan fingerprint density at radius 1 is 1.29 bits per heavy atom. The number of likely N-dealkylation sites (N-methyl/N-ethyl adjacent to an activating group) is 1. The first-order chi connectivity index (χ1) is 16.7. The van der Waals surface area contributed by atoms with Gasteiger partial charge in [0.25, 0.3) is 10.0 Å². The highest BCUT2D eigenvalue weighted by Crippen LogP contribution is 2.43. The fraction of sp³-hybridized carbons (Fsp3) is 0.400. The van der Waals surface area contributed by atoms with Gasteiger partial charge in [-0.05, 0) is 54.9 Å². The van der Waals surface area contributed by atoms with Gasteiger partial charge in [-0.3, -0.25) is 4.72 Å². The normalized spacial score (nSPS) is 19.4. The number of hydrogen-bond donors (Lipinski definition) is 3. The maximum Gasteiger partial charge on any atom is 0.339 e. The first-order valence-electron chi connectivity index (χ1n) is 11.7. The molecule has 2 aromatic rings. The number of carboxylic acids is 1. The molecule has 8 nitrogen and oxygen atoms in total. The van der Waals surface area contributed by atoms with E-state index in [1.165, 1.54) is 12.1 Å². The maximum atomic E-state index is 14.0. The van der Waals surface area contributed by atoms with Crippen LogP contribution in [0.1, 0.15) is 47.7 Å². The van der Waals surface area contributed by atoms with Gasteiger partial charge in [0, 0.05) is 25.6 Å². The first kappa shape index (κ1) is 25.2. The Morgan fingerprint density at radius 3 is 2.77 bits per heavy atom. The van der Waals surface area contributed by atoms with Crippen LogP contribution in [0.2, 0.25) is 0 Å². The van der Waals surface area contributed by atoms with Crippen LogP contribution < -0.4 is 10.0 Å². The summed E-state index contributed by atoms with van der Waals surface area (Å²) in [4.78, 5) is 14.2. The lowest BCUT2D eigenvalue weighted by atomic mass is 9.86. The van der Waals surface area contributed by atoms with E-state index < -0.39 is 21.8 Å². The van der Waals surface area contributed by atoms with Gasteiger partial charge in [0.2, 0.25) is 0 Å². The zero-order chi connectivity index (χ0) is 25.2. The largest absolute Gasteiger partial charge is 0.478 e. The molecule has 0 unspecified atom stereocenters. The molecule has 0 saturated carbocycles. The Morgan fingerprint density at radius 2 is 2.06 bits per heavy atom. The van der Waals surface area contributed by atoms with E-state index in [-0.39, 0.29) is 33.7 Å². The molecule has 0 radical (unpaired) electrons. The van der Waals surface area contributed by atoms with Crippen LogP contribution in [0.5, 0.6) is 0 Å². The number of anilines is 2. The smallest absolute Gasteiger partial charge is 0.339 e. The Bertz CT molecular complexity index is 1240. The van der Waals surface area contributed by atoms with Gasteiger partial charge in [0.15, 0.2) is 0 Å². The third kappa shape index (κ3) is 5.19. The van der Waals surface area contributed by atoms with Crippen LogP contribution in [-0.4, -0.2) is 63.3 Å². The quantitative estimate of drug-likeness (QED) is 0.475. The lowest BCUT2D eigenvalue weighted by Crippen LogP contribution is -2.31. The third-order valence-corrected chi connectivity index (χ3v) is 8.04. The minimum Gasteiger partial charge on any atom is -0.478 e. The number of nitrogens with zero attached hydrogens (tertiary/aromatic N) is 1. The molecule has 2 atom stereocenters. The van der Waals surface area contributed by atoms with Crippen LogP contribution in [-0.2, 0) is 14.8 Å². The molecular formula is C25H30FN3O5S. The van der Waals surface area contributed by atoms with Crippen molar-refractivity contribution >= 4 is 33.4 Å². The van der Waals surface area contributed by atoms with Gasteiger partial charge in [-0.2, -0.15) is 0 Å². The van der Waals surface area contributed by atoms with Crippen molar-refractivity contribution in [2.24, 2.45) is 0 Å². The summed E-state index contributed by atoms with van der Waals surface area (Å²) in [6, 6.07) is 6.63. The van der Waals surface area contributed by atoms with E-state index in [0.29, 0.717) is 25.4 Å². The Balaban J connectivity index is 1.68. The van der Waals surface area contributed by atoms with Crippen molar-refractivity contribution in [1.82, 2.24) is 4.90 Å². The number of nitrogens with one attached hydrogen (secondary N) is 2. The average Bonchev–Trinajstić information content (AvgIpc) is 3.30. The molecule has 0 amide bonds. The molecule has 0 aromatic heterocycles. The molecule has 188 valence electrons. The van der Waals surface area contributed by atoms with E-state index in [1.54, 1.807) is 18.2 Å². The van der Waals surface area contributed by atoms with Gasteiger partial charge >= 0.3 is 5.97 Å². The minimum atomic E-state index is -4.22. The molecule has 2 aliphatic rings. The Kier molecular flexibility index (Phi) is 7.44. The van der Waals surface area contributed by atoms with Crippen molar-refractivity contribution in [2.45, 2.75) is 37.2 Å². The Hall–Kier alpha value is -2.95. The monoisotopic (exact) mass is 503 g/mol. The lowest BCUT2D eigenvalue weighted by Gasteiger charge is -2.30. The minimum absolute atomic E-state index is 0.0309. The molecule has 0 spiro atoms. The summed E-state index contributed by atoms with van der Waals surface area (Å²) in [6.07, 6.45) is 4.11. The fourth-order valence-corrected chi connectivity index (χ4v) is 5.99. The molecule has 2 heterocycles. The van der Waals surface area contributed by atoms with E-state index in [4.69, 9.17) is 4.74 Å². The van der Waals surface area contributed by atoms with E-state index in [1.807, 2.05) is 13.8 Å². The van der Waals surface area contributed by atoms with Crippen LogP contribution >= 0.6 is 0 Å². The number of sulfonamides is 1. The molecule has 2 aliphatic heterocycles. The topological polar surface area (TPSA) is 108 Å². The van der Waals surface area contributed by atoms with Crippen molar-refractivity contribution in [3.63, 3.8) is 0 Å². The van der Waals surface area contributed by atoms with Crippen LogP contribution in [0.15, 0.2) is 41.3 Å². The highest BCUT2D eigenvalue weighted by atomic mass is 32.2. The summed E-state index contributed by atoms with van der Waals surface area (Å²) >= 11 is 0. The number of benzene rings is 2. The third-order valence-electron chi connectivity index (χ3n) is 6.60. The number of carbonyl (C=O) groups is 1. The van der Waals surface area contributed by atoms with E-state index in [0.717, 1.165) is 37.2 Å². The van der Waals surface area contributed by atoms with E-state index in [9.17, 15) is 22.7 Å². The number of hydrogen-bond acceptors (Lipinski definition) is 6. The summed E-state index contributed by atoms with van der Waals surface area (Å²) in [6.45, 7) is 7.33. The Labute approximate surface area is 204 Å². The molecule has 1 saturated heterocycles. The average molecular weight is 504 g/mol. The number of carboxylic acid groups (broad SMARTS) is 1. The molecule has 0 aliphatic carbocycles. The SMILES string of the molecule is CCN(CC)CC=Cc1cc(F)ccc1S(=O)(=O)Nc1ccc2c(c1C(=O)O)NC[C@H]1OCC[C@@H]21. The number of aromatic carboxylic acids is 1. The summed E-state index contributed by atoms with van der Waals surface area (Å²) in [5.74, 6) is -1.75. The lowest BCUT2D eigenvalue weighted by molar-refractivity contribution is 0.0697. The molecule has 0 bridgehead atoms. The van der Waals surface area contributed by atoms with Crippen molar-refractivity contribution in [3.8, 4) is 0 Å². The highest BCUT2D eigenvalue weighted by molar-refractivity contribution is 7.92. The highest BCUT2D eigenvalue weighted by Gasteiger charge is 2.37. The molecule has 3 N–H and O–H groups in total. The molecular weight excluding hydrogens is 473 g/mol. The van der Waals surface area contributed by atoms with Crippen LogP contribution in [0.25, 0.3) is 6.08 Å². The number of rotatable bonds is 9. The van der Waals surface area contributed by atoms with Crippen molar-refractivity contribution in [1.29, 1.82) is 0 Å². The zero-order valence-electron chi connectivity index (χ0n) is 19.8. The van der Waals surface area contributed by atoms with Crippen LogP contribution in [0.4, 0.5) is 15.8 Å². The first-order valence-corrected chi connectivity index (χ1v) is 13.2. The van der Waals surface area contributed by atoms with Crippen molar-refractivity contribution in [2.75, 3.05) is 42.8 Å². The van der Waals surface area contributed by atoms with E-state index in [2.05, 4.69) is 14.9 Å².